The quantitative estimate of drug-likeness (QED) is 0.117. The van der Waals surface area contributed by atoms with Gasteiger partial charge in [-0.05, 0) is 82.4 Å². The maximum atomic E-state index is 13.4. The fourth-order valence-corrected chi connectivity index (χ4v) is 7.51. The van der Waals surface area contributed by atoms with Crippen molar-refractivity contribution in [3.63, 3.8) is 0 Å². The standard InChI is InChI=1S/C39H29NO3Si/c1-44(2,3)29-16-14-28(15-17-29)40-34-10-6-7-11-36(34)43-39-30-18-12-24(20-27(30)13-19-35(39)40)21-33-37(41)31-22-25-8-4-5-9-26(25)23-32(31)38(33)42/h4-23H,1-3H3. The summed E-state index contributed by atoms with van der Waals surface area (Å²) in [7, 11) is -1.43. The van der Waals surface area contributed by atoms with Crippen LogP contribution in [0.3, 0.4) is 0 Å². The van der Waals surface area contributed by atoms with E-state index in [1.807, 2.05) is 72.8 Å². The van der Waals surface area contributed by atoms with Crippen LogP contribution in [0.4, 0.5) is 17.1 Å². The molecule has 0 unspecified atom stereocenters. The Bertz CT molecular complexity index is 2170. The number of hydrogen-bond donors (Lipinski definition) is 0. The van der Waals surface area contributed by atoms with Gasteiger partial charge in [0.2, 0.25) is 0 Å². The lowest BCUT2D eigenvalue weighted by Crippen LogP contribution is -2.37. The molecule has 0 fully saturated rings. The largest absolute Gasteiger partial charge is 0.452 e. The van der Waals surface area contributed by atoms with Gasteiger partial charge in [0.25, 0.3) is 0 Å². The first-order valence-corrected chi connectivity index (χ1v) is 18.3. The zero-order chi connectivity index (χ0) is 30.2. The lowest BCUT2D eigenvalue weighted by Gasteiger charge is -2.33. The normalized spacial score (nSPS) is 14.0. The van der Waals surface area contributed by atoms with Gasteiger partial charge in [-0.25, -0.2) is 0 Å². The Morgan fingerprint density at radius 2 is 1.30 bits per heavy atom. The third-order valence-corrected chi connectivity index (χ3v) is 10.8. The zero-order valence-electron chi connectivity index (χ0n) is 24.7. The maximum absolute atomic E-state index is 13.4. The molecule has 0 spiro atoms. The van der Waals surface area contributed by atoms with Gasteiger partial charge in [-0.2, -0.15) is 0 Å². The van der Waals surface area contributed by atoms with Crippen molar-refractivity contribution in [2.24, 2.45) is 0 Å². The molecule has 0 aromatic heterocycles. The predicted octanol–water partition coefficient (Wildman–Crippen LogP) is 9.58. The Kier molecular flexibility index (Phi) is 5.77. The first-order valence-electron chi connectivity index (χ1n) is 14.8. The van der Waals surface area contributed by atoms with E-state index >= 15 is 0 Å². The van der Waals surface area contributed by atoms with Gasteiger partial charge in [-0.3, -0.25) is 9.59 Å². The van der Waals surface area contributed by atoms with E-state index in [1.165, 1.54) is 5.19 Å². The molecule has 0 bridgehead atoms. The summed E-state index contributed by atoms with van der Waals surface area (Å²) in [5.74, 6) is 1.12. The molecule has 0 radical (unpaired) electrons. The lowest BCUT2D eigenvalue weighted by molar-refractivity contribution is 0.0990. The molecule has 1 aliphatic heterocycles. The number of para-hydroxylation sites is 2. The maximum Gasteiger partial charge on any atom is 0.197 e. The fraction of sp³-hybridized carbons (Fsp3) is 0.0769. The molecule has 0 amide bonds. The van der Waals surface area contributed by atoms with Crippen LogP contribution in [0.25, 0.3) is 27.6 Å². The Morgan fingerprint density at radius 1 is 0.636 bits per heavy atom. The molecule has 5 heteroatoms. The number of allylic oxidation sites excluding steroid dienone is 1. The van der Waals surface area contributed by atoms with Crippen molar-refractivity contribution in [1.82, 2.24) is 0 Å². The van der Waals surface area contributed by atoms with Crippen LogP contribution in [0.5, 0.6) is 11.5 Å². The molecule has 2 aliphatic rings. The van der Waals surface area contributed by atoms with Crippen molar-refractivity contribution in [2.75, 3.05) is 4.90 Å². The molecule has 8 rings (SSSR count). The second-order valence-electron chi connectivity index (χ2n) is 12.6. The van der Waals surface area contributed by atoms with Gasteiger partial charge in [-0.15, -0.1) is 0 Å². The second-order valence-corrected chi connectivity index (χ2v) is 17.6. The highest BCUT2D eigenvalue weighted by atomic mass is 28.3. The number of ether oxygens (including phenoxy) is 1. The van der Waals surface area contributed by atoms with E-state index in [0.29, 0.717) is 11.1 Å². The van der Waals surface area contributed by atoms with Gasteiger partial charge in [0.05, 0.1) is 25.0 Å². The molecule has 6 aromatic rings. The summed E-state index contributed by atoms with van der Waals surface area (Å²) in [6.45, 7) is 7.07. The van der Waals surface area contributed by atoms with E-state index in [9.17, 15) is 9.59 Å². The van der Waals surface area contributed by atoms with Crippen LogP contribution in [-0.4, -0.2) is 19.6 Å². The molecule has 44 heavy (non-hydrogen) atoms. The monoisotopic (exact) mass is 587 g/mol. The number of benzene rings is 6. The Hall–Kier alpha value is -5.26. The van der Waals surface area contributed by atoms with Crippen LogP contribution in [0.15, 0.2) is 121 Å². The van der Waals surface area contributed by atoms with Gasteiger partial charge in [0.1, 0.15) is 0 Å². The number of carbonyl (C=O) groups excluding carboxylic acids is 2. The summed E-state index contributed by atoms with van der Waals surface area (Å²) in [6.07, 6.45) is 1.72. The van der Waals surface area contributed by atoms with E-state index < -0.39 is 8.07 Å². The number of rotatable bonds is 3. The summed E-state index contributed by atoms with van der Waals surface area (Å²) in [4.78, 5) is 29.0. The number of ketones is 2. The van der Waals surface area contributed by atoms with E-state index in [-0.39, 0.29) is 17.1 Å². The van der Waals surface area contributed by atoms with Gasteiger partial charge in [0.15, 0.2) is 23.1 Å². The smallest absolute Gasteiger partial charge is 0.197 e. The lowest BCUT2D eigenvalue weighted by atomic mass is 10.0. The number of hydrogen-bond acceptors (Lipinski definition) is 4. The second kappa shape index (κ2) is 9.63. The van der Waals surface area contributed by atoms with Crippen molar-refractivity contribution >= 4 is 69.5 Å². The summed E-state index contributed by atoms with van der Waals surface area (Å²) >= 11 is 0. The fourth-order valence-electron chi connectivity index (χ4n) is 6.35. The Morgan fingerprint density at radius 3 is 1.98 bits per heavy atom. The molecule has 4 nitrogen and oxygen atoms in total. The molecule has 0 saturated heterocycles. The SMILES string of the molecule is C[Si](C)(C)c1ccc(N2c3ccccc3Oc3c2ccc2cc(C=C4C(=O)c5cc6ccccc6cc5C4=O)ccc32)cc1. The van der Waals surface area contributed by atoms with Crippen LogP contribution >= 0.6 is 0 Å². The molecule has 1 heterocycles. The third-order valence-electron chi connectivity index (χ3n) is 8.70. The summed E-state index contributed by atoms with van der Waals surface area (Å²) in [5.41, 5.74) is 4.97. The number of Topliss-reactive ketones (excluding diaryl/α,β-unsaturated/α-hetero) is 2. The van der Waals surface area contributed by atoms with E-state index in [0.717, 1.165) is 55.7 Å². The molecular weight excluding hydrogens is 559 g/mol. The number of nitrogens with zero attached hydrogens (tertiary/aromatic N) is 1. The predicted molar refractivity (Wildman–Crippen MR) is 182 cm³/mol. The molecular formula is C39H29NO3Si. The van der Waals surface area contributed by atoms with Crippen molar-refractivity contribution in [1.29, 1.82) is 0 Å². The summed E-state index contributed by atoms with van der Waals surface area (Å²) < 4.78 is 6.55. The van der Waals surface area contributed by atoms with Crippen LogP contribution < -0.4 is 14.8 Å². The van der Waals surface area contributed by atoms with Crippen LogP contribution in [-0.2, 0) is 0 Å². The average molecular weight is 588 g/mol. The topological polar surface area (TPSA) is 46.6 Å². The van der Waals surface area contributed by atoms with E-state index in [2.05, 4.69) is 67.0 Å². The third kappa shape index (κ3) is 4.12. The molecule has 6 aromatic carbocycles. The summed E-state index contributed by atoms with van der Waals surface area (Å²) in [5, 5.41) is 5.24. The van der Waals surface area contributed by atoms with Gasteiger partial charge >= 0.3 is 0 Å². The van der Waals surface area contributed by atoms with Crippen molar-refractivity contribution in [3.8, 4) is 11.5 Å². The average Bonchev–Trinajstić information content (AvgIpc) is 3.26. The highest BCUT2D eigenvalue weighted by molar-refractivity contribution is 6.88. The van der Waals surface area contributed by atoms with E-state index in [1.54, 1.807) is 6.08 Å². The van der Waals surface area contributed by atoms with E-state index in [4.69, 9.17) is 4.74 Å². The Balaban J connectivity index is 1.20. The van der Waals surface area contributed by atoms with Crippen molar-refractivity contribution in [3.05, 3.63) is 138 Å². The van der Waals surface area contributed by atoms with Crippen molar-refractivity contribution in [2.45, 2.75) is 19.6 Å². The first-order chi connectivity index (χ1) is 21.3. The minimum atomic E-state index is -1.43. The number of fused-ring (bicyclic) bond motifs is 6. The molecule has 0 atom stereocenters. The molecule has 212 valence electrons. The highest BCUT2D eigenvalue weighted by Crippen LogP contribution is 2.52. The zero-order valence-corrected chi connectivity index (χ0v) is 25.7. The minimum Gasteiger partial charge on any atom is -0.452 e. The highest BCUT2D eigenvalue weighted by Gasteiger charge is 2.33. The molecule has 0 saturated carbocycles. The van der Waals surface area contributed by atoms with Gasteiger partial charge in [-0.1, -0.05) is 85.5 Å². The first kappa shape index (κ1) is 26.4. The molecule has 0 N–H and O–H groups in total. The number of carbonyl (C=O) groups is 2. The van der Waals surface area contributed by atoms with Crippen LogP contribution in [0, 0.1) is 0 Å². The van der Waals surface area contributed by atoms with Crippen molar-refractivity contribution < 1.29 is 14.3 Å². The number of anilines is 3. The molecule has 1 aliphatic carbocycles. The van der Waals surface area contributed by atoms with Gasteiger partial charge < -0.3 is 9.64 Å². The van der Waals surface area contributed by atoms with Crippen LogP contribution in [0.2, 0.25) is 19.6 Å². The Labute approximate surface area is 256 Å². The van der Waals surface area contributed by atoms with Gasteiger partial charge in [0, 0.05) is 22.2 Å². The van der Waals surface area contributed by atoms with Crippen LogP contribution in [0.1, 0.15) is 26.3 Å². The minimum absolute atomic E-state index is 0.200. The summed E-state index contributed by atoms with van der Waals surface area (Å²) in [6, 6.07) is 38.6.